The summed E-state index contributed by atoms with van der Waals surface area (Å²) < 4.78 is 0. The minimum atomic E-state index is 0.228. The Morgan fingerprint density at radius 2 is 2.00 bits per heavy atom. The normalized spacial score (nSPS) is 19.0. The number of hydrogen-bond acceptors (Lipinski definition) is 3. The standard InChI is InChI=1S/C18H29N3O/c1-3-21(14-16-8-5-4-6-9-16)18(22)15-20(2)17-10-7-12-19-13-11-17/h4-6,8-9,17,19H,3,7,10-15H2,1-2H3. The first-order valence-electron chi connectivity index (χ1n) is 8.43. The van der Waals surface area contributed by atoms with Gasteiger partial charge in [-0.05, 0) is 51.9 Å². The van der Waals surface area contributed by atoms with Crippen LogP contribution in [0.25, 0.3) is 0 Å². The molecular formula is C18H29N3O. The number of carbonyl (C=O) groups is 1. The molecule has 1 aromatic rings. The lowest BCUT2D eigenvalue weighted by Gasteiger charge is -2.29. The minimum absolute atomic E-state index is 0.228. The van der Waals surface area contributed by atoms with Crippen LogP contribution in [0.4, 0.5) is 0 Å². The molecule has 0 bridgehead atoms. The lowest BCUT2D eigenvalue weighted by atomic mass is 10.1. The minimum Gasteiger partial charge on any atom is -0.338 e. The molecular weight excluding hydrogens is 274 g/mol. The van der Waals surface area contributed by atoms with Gasteiger partial charge in [0.25, 0.3) is 0 Å². The maximum atomic E-state index is 12.6. The number of hydrogen-bond donors (Lipinski definition) is 1. The van der Waals surface area contributed by atoms with Gasteiger partial charge in [0.2, 0.25) is 5.91 Å². The van der Waals surface area contributed by atoms with Gasteiger partial charge in [-0.15, -0.1) is 0 Å². The molecule has 0 spiro atoms. The van der Waals surface area contributed by atoms with Crippen molar-refractivity contribution in [2.45, 2.75) is 38.8 Å². The Balaban J connectivity index is 1.88. The van der Waals surface area contributed by atoms with E-state index < -0.39 is 0 Å². The van der Waals surface area contributed by atoms with E-state index in [1.54, 1.807) is 0 Å². The van der Waals surface area contributed by atoms with Crippen LogP contribution in [0.3, 0.4) is 0 Å². The Kier molecular flexibility index (Phi) is 6.87. The molecule has 122 valence electrons. The SMILES string of the molecule is CCN(Cc1ccccc1)C(=O)CN(C)C1CCCNCC1. The molecule has 0 aliphatic carbocycles. The molecule has 1 heterocycles. The summed E-state index contributed by atoms with van der Waals surface area (Å²) in [7, 11) is 2.09. The maximum Gasteiger partial charge on any atom is 0.237 e. The molecule has 1 unspecified atom stereocenters. The van der Waals surface area contributed by atoms with Gasteiger partial charge in [0.15, 0.2) is 0 Å². The van der Waals surface area contributed by atoms with Crippen LogP contribution in [-0.4, -0.2) is 55.0 Å². The molecule has 0 saturated carbocycles. The lowest BCUT2D eigenvalue weighted by Crippen LogP contribution is -2.42. The summed E-state index contributed by atoms with van der Waals surface area (Å²) in [6.45, 7) is 6.20. The van der Waals surface area contributed by atoms with Gasteiger partial charge >= 0.3 is 0 Å². The van der Waals surface area contributed by atoms with Gasteiger partial charge in [0.1, 0.15) is 0 Å². The van der Waals surface area contributed by atoms with Crippen molar-refractivity contribution in [1.29, 1.82) is 0 Å². The number of likely N-dealkylation sites (N-methyl/N-ethyl adjacent to an activating group) is 2. The van der Waals surface area contributed by atoms with Crippen LogP contribution in [0, 0.1) is 0 Å². The monoisotopic (exact) mass is 303 g/mol. The van der Waals surface area contributed by atoms with Crippen molar-refractivity contribution in [2.24, 2.45) is 0 Å². The molecule has 1 aromatic carbocycles. The largest absolute Gasteiger partial charge is 0.338 e. The summed E-state index contributed by atoms with van der Waals surface area (Å²) in [5.41, 5.74) is 1.19. The first-order valence-corrected chi connectivity index (χ1v) is 8.43. The van der Waals surface area contributed by atoms with Crippen LogP contribution >= 0.6 is 0 Å². The summed E-state index contributed by atoms with van der Waals surface area (Å²) in [4.78, 5) is 16.8. The predicted molar refractivity (Wildman–Crippen MR) is 90.7 cm³/mol. The van der Waals surface area contributed by atoms with E-state index in [1.807, 2.05) is 23.1 Å². The predicted octanol–water partition coefficient (Wildman–Crippen LogP) is 2.11. The van der Waals surface area contributed by atoms with E-state index in [1.165, 1.54) is 18.4 Å². The number of nitrogens with zero attached hydrogens (tertiary/aromatic N) is 2. The number of benzene rings is 1. The van der Waals surface area contributed by atoms with Crippen molar-refractivity contribution in [3.63, 3.8) is 0 Å². The second kappa shape index (κ2) is 8.91. The van der Waals surface area contributed by atoms with Crippen LogP contribution in [0.15, 0.2) is 30.3 Å². The zero-order valence-corrected chi connectivity index (χ0v) is 13.9. The summed E-state index contributed by atoms with van der Waals surface area (Å²) in [5.74, 6) is 0.228. The van der Waals surface area contributed by atoms with Gasteiger partial charge in [-0.3, -0.25) is 9.69 Å². The van der Waals surface area contributed by atoms with Gasteiger partial charge in [0.05, 0.1) is 6.54 Å². The van der Waals surface area contributed by atoms with Crippen molar-refractivity contribution in [2.75, 3.05) is 33.2 Å². The Labute approximate surface area is 134 Å². The van der Waals surface area contributed by atoms with Gasteiger partial charge < -0.3 is 10.2 Å². The van der Waals surface area contributed by atoms with Gasteiger partial charge in [-0.2, -0.15) is 0 Å². The number of nitrogens with one attached hydrogen (secondary N) is 1. The van der Waals surface area contributed by atoms with E-state index in [4.69, 9.17) is 0 Å². The molecule has 4 nitrogen and oxygen atoms in total. The summed E-state index contributed by atoms with van der Waals surface area (Å²) in [5, 5.41) is 3.43. The molecule has 1 fully saturated rings. The third kappa shape index (κ3) is 5.11. The Morgan fingerprint density at radius 3 is 2.73 bits per heavy atom. The Bertz CT molecular complexity index is 441. The summed E-state index contributed by atoms with van der Waals surface area (Å²) in [6, 6.07) is 10.7. The average molecular weight is 303 g/mol. The fraction of sp³-hybridized carbons (Fsp3) is 0.611. The molecule has 1 N–H and O–H groups in total. The van der Waals surface area contributed by atoms with Gasteiger partial charge in [0, 0.05) is 19.1 Å². The topological polar surface area (TPSA) is 35.6 Å². The van der Waals surface area contributed by atoms with E-state index in [2.05, 4.69) is 36.3 Å². The molecule has 1 aliphatic heterocycles. The first-order chi connectivity index (χ1) is 10.7. The highest BCUT2D eigenvalue weighted by atomic mass is 16.2. The quantitative estimate of drug-likeness (QED) is 0.874. The van der Waals surface area contributed by atoms with Gasteiger partial charge in [-0.1, -0.05) is 30.3 Å². The Hall–Kier alpha value is -1.39. The molecule has 1 saturated heterocycles. The molecule has 0 radical (unpaired) electrons. The van der Waals surface area contributed by atoms with Crippen molar-refractivity contribution < 1.29 is 4.79 Å². The van der Waals surface area contributed by atoms with Crippen LogP contribution in [0.2, 0.25) is 0 Å². The summed E-state index contributed by atoms with van der Waals surface area (Å²) in [6.07, 6.45) is 3.51. The third-order valence-electron chi connectivity index (χ3n) is 4.50. The van der Waals surface area contributed by atoms with E-state index in [0.29, 0.717) is 19.1 Å². The maximum absolute atomic E-state index is 12.6. The lowest BCUT2D eigenvalue weighted by molar-refractivity contribution is -0.133. The zero-order valence-electron chi connectivity index (χ0n) is 13.9. The first kappa shape index (κ1) is 17.0. The highest BCUT2D eigenvalue weighted by Crippen LogP contribution is 2.12. The third-order valence-corrected chi connectivity index (χ3v) is 4.50. The smallest absolute Gasteiger partial charge is 0.237 e. The average Bonchev–Trinajstić information content (AvgIpc) is 2.82. The second-order valence-electron chi connectivity index (χ2n) is 6.14. The molecule has 1 atom stereocenters. The fourth-order valence-electron chi connectivity index (χ4n) is 3.06. The van der Waals surface area contributed by atoms with Crippen molar-refractivity contribution in [3.8, 4) is 0 Å². The van der Waals surface area contributed by atoms with Crippen LogP contribution in [-0.2, 0) is 11.3 Å². The molecule has 2 rings (SSSR count). The molecule has 1 aliphatic rings. The van der Waals surface area contributed by atoms with Crippen molar-refractivity contribution in [3.05, 3.63) is 35.9 Å². The number of amides is 1. The van der Waals surface area contributed by atoms with Crippen LogP contribution in [0.1, 0.15) is 31.7 Å². The number of carbonyl (C=O) groups excluding carboxylic acids is 1. The van der Waals surface area contributed by atoms with Crippen molar-refractivity contribution >= 4 is 5.91 Å². The van der Waals surface area contributed by atoms with Crippen LogP contribution in [0.5, 0.6) is 0 Å². The van der Waals surface area contributed by atoms with Crippen molar-refractivity contribution in [1.82, 2.24) is 15.1 Å². The van der Waals surface area contributed by atoms with E-state index in [9.17, 15) is 4.79 Å². The zero-order chi connectivity index (χ0) is 15.8. The number of rotatable bonds is 6. The molecule has 22 heavy (non-hydrogen) atoms. The molecule has 4 heteroatoms. The van der Waals surface area contributed by atoms with E-state index in [-0.39, 0.29) is 5.91 Å². The van der Waals surface area contributed by atoms with E-state index >= 15 is 0 Å². The molecule has 1 amide bonds. The van der Waals surface area contributed by atoms with E-state index in [0.717, 1.165) is 26.1 Å². The highest BCUT2D eigenvalue weighted by molar-refractivity contribution is 5.78. The van der Waals surface area contributed by atoms with Crippen LogP contribution < -0.4 is 5.32 Å². The molecule has 0 aromatic heterocycles. The summed E-state index contributed by atoms with van der Waals surface area (Å²) >= 11 is 0. The second-order valence-corrected chi connectivity index (χ2v) is 6.14. The Morgan fingerprint density at radius 1 is 1.23 bits per heavy atom. The fourth-order valence-corrected chi connectivity index (χ4v) is 3.06. The highest BCUT2D eigenvalue weighted by Gasteiger charge is 2.21. The van der Waals surface area contributed by atoms with Gasteiger partial charge in [-0.25, -0.2) is 0 Å².